The summed E-state index contributed by atoms with van der Waals surface area (Å²) in [5.74, 6) is -0.796. The number of carboxylic acid groups (broad SMARTS) is 1. The fraction of sp³-hybridized carbons (Fsp3) is 0.800. The highest BCUT2D eigenvalue weighted by atomic mass is 28.4. The minimum absolute atomic E-state index is 0.0756. The summed E-state index contributed by atoms with van der Waals surface area (Å²) in [7, 11) is -1.66. The second-order valence-electron chi connectivity index (χ2n) is 7.77. The van der Waals surface area contributed by atoms with E-state index in [0.717, 1.165) is 6.04 Å². The standard InChI is InChI=1S/C15H30O3Si/c1-14(2,3)12-19(6,7)18-11-15(4,5)10-8-9-13(16)17/h8,10H,9,11-12H2,1-7H3,(H,16,17)/b10-8+. The van der Waals surface area contributed by atoms with E-state index < -0.39 is 14.3 Å². The van der Waals surface area contributed by atoms with Crippen LogP contribution in [0.3, 0.4) is 0 Å². The van der Waals surface area contributed by atoms with Crippen LogP contribution in [-0.2, 0) is 9.22 Å². The molecule has 0 aliphatic carbocycles. The molecule has 0 fully saturated rings. The van der Waals surface area contributed by atoms with E-state index in [2.05, 4.69) is 47.7 Å². The SMILES string of the molecule is CC(C)(C)C[Si](C)(C)OCC(C)(C)/C=C/CC(=O)O. The van der Waals surface area contributed by atoms with Crippen LogP contribution in [0.15, 0.2) is 12.2 Å². The molecule has 0 unspecified atom stereocenters. The molecular weight excluding hydrogens is 256 g/mol. The van der Waals surface area contributed by atoms with Crippen LogP contribution in [0.4, 0.5) is 0 Å². The maximum absolute atomic E-state index is 10.5. The molecular formula is C15H30O3Si. The number of hydrogen-bond donors (Lipinski definition) is 1. The van der Waals surface area contributed by atoms with Crippen LogP contribution in [-0.4, -0.2) is 26.0 Å². The van der Waals surface area contributed by atoms with Crippen molar-refractivity contribution in [1.82, 2.24) is 0 Å². The van der Waals surface area contributed by atoms with Gasteiger partial charge in [-0.05, 0) is 24.6 Å². The van der Waals surface area contributed by atoms with Gasteiger partial charge in [-0.1, -0.05) is 46.8 Å². The highest BCUT2D eigenvalue weighted by Gasteiger charge is 2.30. The molecule has 0 aromatic rings. The topological polar surface area (TPSA) is 46.5 Å². The molecule has 4 heteroatoms. The molecule has 0 rings (SSSR count). The van der Waals surface area contributed by atoms with Gasteiger partial charge in [-0.25, -0.2) is 0 Å². The second kappa shape index (κ2) is 6.71. The Hall–Kier alpha value is -0.613. The first-order chi connectivity index (χ1) is 8.33. The molecule has 0 bridgehead atoms. The zero-order valence-electron chi connectivity index (χ0n) is 13.5. The number of carbonyl (C=O) groups is 1. The molecule has 1 N–H and O–H groups in total. The van der Waals surface area contributed by atoms with Gasteiger partial charge in [0.2, 0.25) is 0 Å². The van der Waals surface area contributed by atoms with Crippen molar-refractivity contribution in [3.05, 3.63) is 12.2 Å². The molecule has 0 saturated heterocycles. The lowest BCUT2D eigenvalue weighted by molar-refractivity contribution is -0.136. The molecule has 19 heavy (non-hydrogen) atoms. The van der Waals surface area contributed by atoms with Crippen molar-refractivity contribution in [2.24, 2.45) is 10.8 Å². The molecule has 0 radical (unpaired) electrons. The van der Waals surface area contributed by atoms with E-state index in [1.165, 1.54) is 0 Å². The van der Waals surface area contributed by atoms with Crippen LogP contribution >= 0.6 is 0 Å². The number of hydrogen-bond acceptors (Lipinski definition) is 2. The highest BCUT2D eigenvalue weighted by molar-refractivity contribution is 6.71. The predicted octanol–water partition coefficient (Wildman–Crippen LogP) is 4.31. The molecule has 0 spiro atoms. The third-order valence-corrected chi connectivity index (χ3v) is 5.49. The fourth-order valence-electron chi connectivity index (χ4n) is 2.24. The number of aliphatic carboxylic acids is 1. The van der Waals surface area contributed by atoms with Gasteiger partial charge in [0.05, 0.1) is 6.42 Å². The summed E-state index contributed by atoms with van der Waals surface area (Å²) in [6.45, 7) is 16.0. The van der Waals surface area contributed by atoms with Crippen LogP contribution < -0.4 is 0 Å². The van der Waals surface area contributed by atoms with Crippen LogP contribution in [0.25, 0.3) is 0 Å². The van der Waals surface area contributed by atoms with Crippen molar-refractivity contribution in [3.63, 3.8) is 0 Å². The molecule has 0 aliphatic heterocycles. The average molecular weight is 286 g/mol. The molecule has 0 heterocycles. The minimum atomic E-state index is -1.66. The monoisotopic (exact) mass is 286 g/mol. The maximum Gasteiger partial charge on any atom is 0.307 e. The normalized spacial score (nSPS) is 14.1. The average Bonchev–Trinajstić information content (AvgIpc) is 2.10. The van der Waals surface area contributed by atoms with Gasteiger partial charge < -0.3 is 9.53 Å². The molecule has 3 nitrogen and oxygen atoms in total. The van der Waals surface area contributed by atoms with Gasteiger partial charge in [0.15, 0.2) is 8.32 Å². The van der Waals surface area contributed by atoms with E-state index in [-0.39, 0.29) is 11.8 Å². The Morgan fingerprint density at radius 3 is 2.16 bits per heavy atom. The van der Waals surface area contributed by atoms with Gasteiger partial charge in [0, 0.05) is 12.0 Å². The van der Waals surface area contributed by atoms with Crippen molar-refractivity contribution >= 4 is 14.3 Å². The van der Waals surface area contributed by atoms with E-state index in [1.54, 1.807) is 6.08 Å². The summed E-state index contributed by atoms with van der Waals surface area (Å²) in [6.07, 6.45) is 3.74. The van der Waals surface area contributed by atoms with E-state index in [0.29, 0.717) is 12.0 Å². The Morgan fingerprint density at radius 2 is 1.74 bits per heavy atom. The highest BCUT2D eigenvalue weighted by Crippen LogP contribution is 2.30. The van der Waals surface area contributed by atoms with Gasteiger partial charge >= 0.3 is 5.97 Å². The zero-order valence-corrected chi connectivity index (χ0v) is 14.5. The molecule has 0 saturated carbocycles. The number of rotatable bonds is 7. The lowest BCUT2D eigenvalue weighted by Crippen LogP contribution is -2.37. The van der Waals surface area contributed by atoms with E-state index in [9.17, 15) is 4.79 Å². The van der Waals surface area contributed by atoms with Gasteiger partial charge in [-0.15, -0.1) is 0 Å². The van der Waals surface area contributed by atoms with E-state index in [4.69, 9.17) is 9.53 Å². The maximum atomic E-state index is 10.5. The first kappa shape index (κ1) is 18.4. The summed E-state index contributed by atoms with van der Waals surface area (Å²) in [4.78, 5) is 10.5. The van der Waals surface area contributed by atoms with Crippen LogP contribution in [0.1, 0.15) is 41.0 Å². The molecule has 0 atom stereocenters. The van der Waals surface area contributed by atoms with Gasteiger partial charge in [0.1, 0.15) is 0 Å². The lowest BCUT2D eigenvalue weighted by atomic mass is 9.94. The predicted molar refractivity (Wildman–Crippen MR) is 82.9 cm³/mol. The van der Waals surface area contributed by atoms with Crippen molar-refractivity contribution in [2.75, 3.05) is 6.61 Å². The third kappa shape index (κ3) is 11.0. The molecule has 0 aliphatic rings. The first-order valence-corrected chi connectivity index (χ1v) is 9.98. The van der Waals surface area contributed by atoms with E-state index in [1.807, 2.05) is 6.08 Å². The Labute approximate surface area is 119 Å². The Morgan fingerprint density at radius 1 is 1.21 bits per heavy atom. The quantitative estimate of drug-likeness (QED) is 0.560. The Balaban J connectivity index is 4.36. The van der Waals surface area contributed by atoms with Crippen molar-refractivity contribution in [3.8, 4) is 0 Å². The molecule has 0 aromatic carbocycles. The van der Waals surface area contributed by atoms with E-state index >= 15 is 0 Å². The largest absolute Gasteiger partial charge is 0.481 e. The zero-order chi connectivity index (χ0) is 15.3. The summed E-state index contributed by atoms with van der Waals surface area (Å²) in [5, 5.41) is 8.62. The fourth-order valence-corrected chi connectivity index (χ4v) is 5.66. The Kier molecular flexibility index (Phi) is 6.49. The smallest absolute Gasteiger partial charge is 0.307 e. The Bertz CT molecular complexity index is 325. The minimum Gasteiger partial charge on any atom is -0.481 e. The summed E-state index contributed by atoms with van der Waals surface area (Å²) in [5.41, 5.74) is 0.177. The second-order valence-corrected chi connectivity index (χ2v) is 11.9. The summed E-state index contributed by atoms with van der Waals surface area (Å²) >= 11 is 0. The van der Waals surface area contributed by atoms with Crippen LogP contribution in [0.5, 0.6) is 0 Å². The van der Waals surface area contributed by atoms with Gasteiger partial charge in [-0.2, -0.15) is 0 Å². The number of carboxylic acids is 1. The van der Waals surface area contributed by atoms with Crippen molar-refractivity contribution in [2.45, 2.75) is 60.2 Å². The lowest BCUT2D eigenvalue weighted by Gasteiger charge is -2.33. The van der Waals surface area contributed by atoms with Crippen LogP contribution in [0.2, 0.25) is 19.1 Å². The molecule has 0 amide bonds. The summed E-state index contributed by atoms with van der Waals surface area (Å²) < 4.78 is 6.17. The van der Waals surface area contributed by atoms with Crippen LogP contribution in [0, 0.1) is 10.8 Å². The molecule has 0 aromatic heterocycles. The molecule has 112 valence electrons. The van der Waals surface area contributed by atoms with Gasteiger partial charge in [0.25, 0.3) is 0 Å². The van der Waals surface area contributed by atoms with Crippen molar-refractivity contribution in [1.29, 1.82) is 0 Å². The van der Waals surface area contributed by atoms with Crippen molar-refractivity contribution < 1.29 is 14.3 Å². The van der Waals surface area contributed by atoms with Gasteiger partial charge in [-0.3, -0.25) is 4.79 Å². The summed E-state index contributed by atoms with van der Waals surface area (Å²) in [6, 6.07) is 1.12. The third-order valence-electron chi connectivity index (χ3n) is 2.65. The first-order valence-electron chi connectivity index (χ1n) is 6.87.